The molecular formula is C11H16N4O. The Bertz CT molecular complexity index is 335. The molecule has 1 aliphatic heterocycles. The van der Waals surface area contributed by atoms with Crippen LogP contribution in [-0.4, -0.2) is 41.4 Å². The van der Waals surface area contributed by atoms with E-state index >= 15 is 0 Å². The van der Waals surface area contributed by atoms with Gasteiger partial charge in [0.2, 0.25) is 0 Å². The molecule has 1 unspecified atom stereocenters. The number of carbonyl (C=O) groups is 1. The zero-order valence-corrected chi connectivity index (χ0v) is 9.15. The lowest BCUT2D eigenvalue weighted by atomic mass is 10.1. The summed E-state index contributed by atoms with van der Waals surface area (Å²) in [7, 11) is 0. The summed E-state index contributed by atoms with van der Waals surface area (Å²) in [5.41, 5.74) is 0.429. The monoisotopic (exact) mass is 220 g/mol. The summed E-state index contributed by atoms with van der Waals surface area (Å²) in [6.07, 6.45) is 6.89. The Kier molecular flexibility index (Phi) is 3.96. The van der Waals surface area contributed by atoms with E-state index in [9.17, 15) is 4.79 Å². The topological polar surface area (TPSA) is 66.9 Å². The highest BCUT2D eigenvalue weighted by atomic mass is 16.1. The van der Waals surface area contributed by atoms with Gasteiger partial charge in [-0.2, -0.15) is 0 Å². The van der Waals surface area contributed by atoms with E-state index in [4.69, 9.17) is 0 Å². The molecule has 1 aromatic heterocycles. The van der Waals surface area contributed by atoms with Crippen molar-refractivity contribution in [2.24, 2.45) is 0 Å². The lowest BCUT2D eigenvalue weighted by Gasteiger charge is -2.23. The third-order valence-corrected chi connectivity index (χ3v) is 2.70. The molecule has 0 aliphatic carbocycles. The van der Waals surface area contributed by atoms with Crippen molar-refractivity contribution >= 4 is 5.78 Å². The Morgan fingerprint density at radius 3 is 3.19 bits per heavy atom. The van der Waals surface area contributed by atoms with Gasteiger partial charge in [-0.1, -0.05) is 0 Å². The first-order valence-corrected chi connectivity index (χ1v) is 5.59. The van der Waals surface area contributed by atoms with Crippen LogP contribution in [0.4, 0.5) is 0 Å². The molecule has 1 aliphatic rings. The van der Waals surface area contributed by atoms with Gasteiger partial charge in [0.15, 0.2) is 5.78 Å². The number of ketones is 1. The van der Waals surface area contributed by atoms with E-state index in [1.807, 2.05) is 0 Å². The molecular weight excluding hydrogens is 204 g/mol. The predicted molar refractivity (Wildman–Crippen MR) is 60.3 cm³/mol. The van der Waals surface area contributed by atoms with Crippen LogP contribution in [0.2, 0.25) is 0 Å². The quantitative estimate of drug-likeness (QED) is 0.699. The molecule has 5 nitrogen and oxygen atoms in total. The van der Waals surface area contributed by atoms with E-state index in [0.717, 1.165) is 25.9 Å². The third-order valence-electron chi connectivity index (χ3n) is 2.70. The average Bonchev–Trinajstić information content (AvgIpc) is 2.38. The van der Waals surface area contributed by atoms with Crippen LogP contribution < -0.4 is 10.6 Å². The molecule has 0 amide bonds. The van der Waals surface area contributed by atoms with Crippen LogP contribution in [0.5, 0.6) is 0 Å². The number of hydrogen-bond donors (Lipinski definition) is 2. The summed E-state index contributed by atoms with van der Waals surface area (Å²) in [5.74, 6) is -0.00123. The molecule has 1 atom stereocenters. The van der Waals surface area contributed by atoms with Crippen molar-refractivity contribution in [1.29, 1.82) is 0 Å². The van der Waals surface area contributed by atoms with Crippen LogP contribution >= 0.6 is 0 Å². The average molecular weight is 220 g/mol. The van der Waals surface area contributed by atoms with Crippen LogP contribution in [0.25, 0.3) is 0 Å². The second kappa shape index (κ2) is 5.67. The molecule has 2 heterocycles. The highest BCUT2D eigenvalue weighted by Gasteiger charge is 2.14. The second-order valence-electron chi connectivity index (χ2n) is 3.94. The number of nitrogens with zero attached hydrogens (tertiary/aromatic N) is 2. The molecule has 2 N–H and O–H groups in total. The molecule has 5 heteroatoms. The van der Waals surface area contributed by atoms with Crippen LogP contribution in [0.3, 0.4) is 0 Å². The molecule has 1 fully saturated rings. The van der Waals surface area contributed by atoms with Gasteiger partial charge < -0.3 is 10.6 Å². The zero-order chi connectivity index (χ0) is 11.2. The van der Waals surface area contributed by atoms with Gasteiger partial charge in [-0.3, -0.25) is 9.78 Å². The third kappa shape index (κ3) is 3.08. The Morgan fingerprint density at radius 2 is 2.50 bits per heavy atom. The maximum atomic E-state index is 11.7. The van der Waals surface area contributed by atoms with Gasteiger partial charge in [-0.25, -0.2) is 4.98 Å². The van der Waals surface area contributed by atoms with Crippen molar-refractivity contribution in [3.8, 4) is 0 Å². The number of rotatable bonds is 4. The van der Waals surface area contributed by atoms with E-state index in [1.54, 1.807) is 6.20 Å². The molecule has 0 saturated carbocycles. The number of hydrogen-bond acceptors (Lipinski definition) is 5. The lowest BCUT2D eigenvalue weighted by Crippen LogP contribution is -2.44. The molecule has 16 heavy (non-hydrogen) atoms. The summed E-state index contributed by atoms with van der Waals surface area (Å²) in [6.45, 7) is 2.36. The minimum Gasteiger partial charge on any atom is -0.315 e. The van der Waals surface area contributed by atoms with Gasteiger partial charge in [0, 0.05) is 25.0 Å². The minimum absolute atomic E-state index is 0.00123. The normalized spacial score (nSPS) is 20.6. The van der Waals surface area contributed by atoms with Crippen molar-refractivity contribution in [2.45, 2.75) is 18.9 Å². The van der Waals surface area contributed by atoms with Crippen molar-refractivity contribution in [2.75, 3.05) is 19.6 Å². The van der Waals surface area contributed by atoms with Crippen LogP contribution in [0.1, 0.15) is 23.3 Å². The van der Waals surface area contributed by atoms with E-state index < -0.39 is 0 Å². The Labute approximate surface area is 94.7 Å². The van der Waals surface area contributed by atoms with Crippen LogP contribution in [0, 0.1) is 0 Å². The number of carbonyl (C=O) groups excluding carboxylic acids is 1. The molecule has 86 valence electrons. The smallest absolute Gasteiger partial charge is 0.196 e. The number of aromatic nitrogens is 2. The summed E-state index contributed by atoms with van der Waals surface area (Å²) >= 11 is 0. The first-order valence-electron chi connectivity index (χ1n) is 5.59. The second-order valence-corrected chi connectivity index (χ2v) is 3.94. The largest absolute Gasteiger partial charge is 0.315 e. The number of Topliss-reactive ketones (excluding diaryl/α,β-unsaturated/α-hetero) is 1. The number of piperidine rings is 1. The zero-order valence-electron chi connectivity index (χ0n) is 9.15. The molecule has 2 rings (SSSR count). The maximum Gasteiger partial charge on any atom is 0.196 e. The van der Waals surface area contributed by atoms with E-state index in [1.165, 1.54) is 12.4 Å². The minimum atomic E-state index is -0.00123. The van der Waals surface area contributed by atoms with E-state index in [2.05, 4.69) is 20.6 Å². The van der Waals surface area contributed by atoms with Gasteiger partial charge >= 0.3 is 0 Å². The standard InChI is InChI=1S/C11H16N4O/c16-11(10-7-13-4-5-14-10)8-15-9-2-1-3-12-6-9/h4-5,7,9,12,15H,1-3,6,8H2. The van der Waals surface area contributed by atoms with Crippen LogP contribution in [-0.2, 0) is 0 Å². The fraction of sp³-hybridized carbons (Fsp3) is 0.545. The summed E-state index contributed by atoms with van der Waals surface area (Å²) in [5, 5.41) is 6.54. The van der Waals surface area contributed by atoms with Gasteiger partial charge in [-0.05, 0) is 19.4 Å². The Morgan fingerprint density at radius 1 is 1.56 bits per heavy atom. The SMILES string of the molecule is O=C(CNC1CCCNC1)c1cnccn1. The van der Waals surface area contributed by atoms with Crippen molar-refractivity contribution in [1.82, 2.24) is 20.6 Å². The molecule has 0 aromatic carbocycles. The summed E-state index contributed by atoms with van der Waals surface area (Å²) in [6, 6.07) is 0.398. The molecule has 1 aromatic rings. The van der Waals surface area contributed by atoms with Gasteiger partial charge in [0.1, 0.15) is 5.69 Å². The van der Waals surface area contributed by atoms with Gasteiger partial charge in [0.05, 0.1) is 12.7 Å². The maximum absolute atomic E-state index is 11.7. The van der Waals surface area contributed by atoms with Gasteiger partial charge in [-0.15, -0.1) is 0 Å². The van der Waals surface area contributed by atoms with Crippen molar-refractivity contribution in [3.05, 3.63) is 24.3 Å². The van der Waals surface area contributed by atoms with Crippen LogP contribution in [0.15, 0.2) is 18.6 Å². The molecule has 0 spiro atoms. The van der Waals surface area contributed by atoms with Crippen molar-refractivity contribution < 1.29 is 4.79 Å². The molecule has 0 radical (unpaired) electrons. The fourth-order valence-electron chi connectivity index (χ4n) is 1.80. The highest BCUT2D eigenvalue weighted by molar-refractivity contribution is 5.95. The summed E-state index contributed by atoms with van der Waals surface area (Å²) in [4.78, 5) is 19.6. The van der Waals surface area contributed by atoms with Crippen molar-refractivity contribution in [3.63, 3.8) is 0 Å². The predicted octanol–water partition coefficient (Wildman–Crippen LogP) is 0.000900. The van der Waals surface area contributed by atoms with Gasteiger partial charge in [0.25, 0.3) is 0 Å². The van der Waals surface area contributed by atoms with E-state index in [0.29, 0.717) is 18.3 Å². The van der Waals surface area contributed by atoms with E-state index in [-0.39, 0.29) is 5.78 Å². The first kappa shape index (κ1) is 11.2. The number of nitrogens with one attached hydrogen (secondary N) is 2. The first-order chi connectivity index (χ1) is 7.86. The fourth-order valence-corrected chi connectivity index (χ4v) is 1.80. The molecule has 1 saturated heterocycles. The highest BCUT2D eigenvalue weighted by Crippen LogP contribution is 2.01. The lowest BCUT2D eigenvalue weighted by molar-refractivity contribution is 0.0980. The summed E-state index contributed by atoms with van der Waals surface area (Å²) < 4.78 is 0. The Balaban J connectivity index is 1.79. The Hall–Kier alpha value is -1.33. The molecule has 0 bridgehead atoms.